The van der Waals surface area contributed by atoms with Crippen LogP contribution in [0, 0.1) is 40.0 Å². The van der Waals surface area contributed by atoms with Crippen molar-refractivity contribution >= 4 is 23.1 Å². The van der Waals surface area contributed by atoms with Crippen molar-refractivity contribution in [3.05, 3.63) is 80.0 Å². The minimum absolute atomic E-state index is 0.104. The van der Waals surface area contributed by atoms with Crippen molar-refractivity contribution in [1.29, 1.82) is 0 Å². The van der Waals surface area contributed by atoms with E-state index in [1.54, 1.807) is 32.0 Å². The highest BCUT2D eigenvalue weighted by Gasteiger charge is 2.22. The van der Waals surface area contributed by atoms with Crippen LogP contribution in [0.15, 0.2) is 48.5 Å². The quantitative estimate of drug-likeness (QED) is 0.405. The number of hydrogen-bond acceptors (Lipinski definition) is 7. The molecule has 0 aliphatic heterocycles. The lowest BCUT2D eigenvalue weighted by atomic mass is 10.1. The molecule has 32 heavy (non-hydrogen) atoms. The van der Waals surface area contributed by atoms with E-state index >= 15 is 0 Å². The van der Waals surface area contributed by atoms with Crippen LogP contribution in [-0.4, -0.2) is 25.5 Å². The number of anilines is 1. The summed E-state index contributed by atoms with van der Waals surface area (Å²) in [5.74, 6) is -0.636. The van der Waals surface area contributed by atoms with Crippen molar-refractivity contribution in [3.8, 4) is 11.5 Å². The first-order valence-electron chi connectivity index (χ1n) is 9.66. The predicted molar refractivity (Wildman–Crippen MR) is 116 cm³/mol. The number of aryl methyl sites for hydroxylation is 2. The van der Waals surface area contributed by atoms with Crippen LogP contribution in [0.3, 0.4) is 0 Å². The van der Waals surface area contributed by atoms with Gasteiger partial charge in [0.15, 0.2) is 0 Å². The average molecular weight is 439 g/mol. The second kappa shape index (κ2) is 9.25. The van der Waals surface area contributed by atoms with Gasteiger partial charge in [-0.2, -0.15) is 4.68 Å². The number of nitrogens with zero attached hydrogens (tertiary/aromatic N) is 4. The lowest BCUT2D eigenvalue weighted by Gasteiger charge is -2.13. The number of nitro groups is 2. The molecule has 1 unspecified atom stereocenters. The molecule has 11 nitrogen and oxygen atoms in total. The fourth-order valence-corrected chi connectivity index (χ4v) is 3.01. The molecule has 0 radical (unpaired) electrons. The molecule has 3 aromatic rings. The van der Waals surface area contributed by atoms with E-state index in [2.05, 4.69) is 10.4 Å². The van der Waals surface area contributed by atoms with Gasteiger partial charge in [-0.25, -0.2) is 0 Å². The lowest BCUT2D eigenvalue weighted by molar-refractivity contribution is -0.389. The molecular weight excluding hydrogens is 418 g/mol. The Labute approximate surface area is 182 Å². The first-order valence-corrected chi connectivity index (χ1v) is 9.66. The van der Waals surface area contributed by atoms with E-state index in [-0.39, 0.29) is 29.5 Å². The van der Waals surface area contributed by atoms with Crippen LogP contribution in [0.2, 0.25) is 0 Å². The van der Waals surface area contributed by atoms with Gasteiger partial charge < -0.3 is 20.2 Å². The normalized spacial score (nSPS) is 11.6. The molecular formula is C21H21N5O6. The summed E-state index contributed by atoms with van der Waals surface area (Å²) in [6.45, 7) is 5.28. The van der Waals surface area contributed by atoms with Crippen molar-refractivity contribution in [2.24, 2.45) is 5.92 Å². The van der Waals surface area contributed by atoms with Gasteiger partial charge in [-0.05, 0) is 36.5 Å². The predicted octanol–water partition coefficient (Wildman–Crippen LogP) is 4.38. The second-order valence-electron chi connectivity index (χ2n) is 7.36. The van der Waals surface area contributed by atoms with Gasteiger partial charge in [-0.3, -0.25) is 14.9 Å². The number of rotatable bonds is 8. The molecule has 11 heteroatoms. The molecule has 0 aliphatic carbocycles. The standard InChI is InChI=1S/C21H21N5O6/c1-13-5-4-6-18(7-13)32-19-10-16(9-17(11-19)25(28)29)22-21(27)14(2)12-24-15(3)8-20(23-24)26(30)31/h4-11,14H,12H2,1-3H3,(H,22,27). The monoisotopic (exact) mass is 439 g/mol. The van der Waals surface area contributed by atoms with Gasteiger partial charge in [0, 0.05) is 12.1 Å². The Bertz CT molecular complexity index is 1190. The van der Waals surface area contributed by atoms with Crippen LogP contribution < -0.4 is 10.1 Å². The lowest BCUT2D eigenvalue weighted by Crippen LogP contribution is -2.25. The molecule has 0 saturated carbocycles. The number of amides is 1. The third-order valence-corrected chi connectivity index (χ3v) is 4.64. The number of nitrogens with one attached hydrogen (secondary N) is 1. The minimum atomic E-state index is -0.617. The number of ether oxygens (including phenoxy) is 1. The highest BCUT2D eigenvalue weighted by molar-refractivity contribution is 5.92. The van der Waals surface area contributed by atoms with Crippen LogP contribution in [-0.2, 0) is 11.3 Å². The van der Waals surface area contributed by atoms with Gasteiger partial charge in [0.25, 0.3) is 5.69 Å². The Balaban J connectivity index is 1.77. The van der Waals surface area contributed by atoms with Gasteiger partial charge in [-0.1, -0.05) is 19.1 Å². The van der Waals surface area contributed by atoms with Gasteiger partial charge in [0.2, 0.25) is 5.91 Å². The molecule has 3 rings (SSSR count). The molecule has 0 spiro atoms. The Hall–Kier alpha value is -4.28. The van der Waals surface area contributed by atoms with Gasteiger partial charge in [0.1, 0.15) is 11.5 Å². The van der Waals surface area contributed by atoms with E-state index in [1.807, 2.05) is 13.0 Å². The van der Waals surface area contributed by atoms with Crippen molar-refractivity contribution < 1.29 is 19.4 Å². The largest absolute Gasteiger partial charge is 0.457 e. The fraction of sp³-hybridized carbons (Fsp3) is 0.238. The van der Waals surface area contributed by atoms with Crippen LogP contribution in [0.4, 0.5) is 17.2 Å². The Morgan fingerprint density at radius 3 is 2.47 bits per heavy atom. The smallest absolute Gasteiger partial charge is 0.390 e. The maximum atomic E-state index is 12.7. The van der Waals surface area contributed by atoms with Gasteiger partial charge >= 0.3 is 5.82 Å². The first kappa shape index (κ1) is 22.4. The third kappa shape index (κ3) is 5.45. The van der Waals surface area contributed by atoms with Crippen LogP contribution in [0.25, 0.3) is 0 Å². The van der Waals surface area contributed by atoms with E-state index in [9.17, 15) is 25.0 Å². The molecule has 166 valence electrons. The SMILES string of the molecule is Cc1cccc(Oc2cc(NC(=O)C(C)Cn3nc([N+](=O)[O-])cc3C)cc([N+](=O)[O-])c2)c1. The molecule has 0 aliphatic rings. The average Bonchev–Trinajstić information content (AvgIpc) is 3.08. The molecule has 1 amide bonds. The van der Waals surface area contributed by atoms with Gasteiger partial charge in [-0.15, -0.1) is 0 Å². The molecule has 0 fully saturated rings. The van der Waals surface area contributed by atoms with Crippen LogP contribution in [0.5, 0.6) is 11.5 Å². The van der Waals surface area contributed by atoms with Crippen molar-refractivity contribution in [3.63, 3.8) is 0 Å². The first-order chi connectivity index (χ1) is 15.1. The topological polar surface area (TPSA) is 142 Å². The molecule has 1 N–H and O–H groups in total. The number of hydrogen-bond donors (Lipinski definition) is 1. The zero-order valence-corrected chi connectivity index (χ0v) is 17.6. The molecule has 1 heterocycles. The van der Waals surface area contributed by atoms with Gasteiger partial charge in [0.05, 0.1) is 46.0 Å². The molecule has 1 atom stereocenters. The highest BCUT2D eigenvalue weighted by atomic mass is 16.6. The summed E-state index contributed by atoms with van der Waals surface area (Å²) in [7, 11) is 0. The van der Waals surface area contributed by atoms with Crippen molar-refractivity contribution in [1.82, 2.24) is 9.78 Å². The molecule has 0 saturated heterocycles. The fourth-order valence-electron chi connectivity index (χ4n) is 3.01. The van der Waals surface area contributed by atoms with E-state index < -0.39 is 21.7 Å². The number of carbonyl (C=O) groups is 1. The van der Waals surface area contributed by atoms with E-state index in [4.69, 9.17) is 4.74 Å². The molecule has 2 aromatic carbocycles. The molecule has 0 bridgehead atoms. The highest BCUT2D eigenvalue weighted by Crippen LogP contribution is 2.30. The number of aromatic nitrogens is 2. The zero-order valence-electron chi connectivity index (χ0n) is 17.6. The van der Waals surface area contributed by atoms with E-state index in [0.717, 1.165) is 5.56 Å². The number of nitro benzene ring substituents is 1. The molecule has 1 aromatic heterocycles. The van der Waals surface area contributed by atoms with Crippen molar-refractivity contribution in [2.75, 3.05) is 5.32 Å². The van der Waals surface area contributed by atoms with E-state index in [0.29, 0.717) is 11.4 Å². The Morgan fingerprint density at radius 1 is 1.09 bits per heavy atom. The summed E-state index contributed by atoms with van der Waals surface area (Å²) in [5, 5.41) is 28.7. The van der Waals surface area contributed by atoms with Crippen LogP contribution >= 0.6 is 0 Å². The maximum Gasteiger partial charge on any atom is 0.390 e. The summed E-state index contributed by atoms with van der Waals surface area (Å²) in [4.78, 5) is 33.7. The summed E-state index contributed by atoms with van der Waals surface area (Å²) in [6.07, 6.45) is 0. The Morgan fingerprint density at radius 2 is 1.84 bits per heavy atom. The summed E-state index contributed by atoms with van der Waals surface area (Å²) >= 11 is 0. The van der Waals surface area contributed by atoms with E-state index in [1.165, 1.54) is 28.9 Å². The summed E-state index contributed by atoms with van der Waals surface area (Å²) in [5.41, 5.74) is 1.46. The summed E-state index contributed by atoms with van der Waals surface area (Å²) in [6, 6.07) is 12.5. The maximum absolute atomic E-state index is 12.7. The number of benzene rings is 2. The van der Waals surface area contributed by atoms with Crippen molar-refractivity contribution in [2.45, 2.75) is 27.3 Å². The second-order valence-corrected chi connectivity index (χ2v) is 7.36. The summed E-state index contributed by atoms with van der Waals surface area (Å²) < 4.78 is 7.11. The number of non-ortho nitro benzene ring substituents is 1. The third-order valence-electron chi connectivity index (χ3n) is 4.64. The Kier molecular flexibility index (Phi) is 6.47. The number of carbonyl (C=O) groups excluding carboxylic acids is 1. The van der Waals surface area contributed by atoms with Crippen LogP contribution in [0.1, 0.15) is 18.2 Å². The zero-order chi connectivity index (χ0) is 23.4. The minimum Gasteiger partial charge on any atom is -0.457 e.